The molecule has 42 heavy (non-hydrogen) atoms. The average molecular weight is 576 g/mol. The number of aromatic amines is 1. The van der Waals surface area contributed by atoms with E-state index in [4.69, 9.17) is 4.74 Å². The number of aryl methyl sites for hydroxylation is 2. The van der Waals surface area contributed by atoms with Gasteiger partial charge in [-0.25, -0.2) is 0 Å². The number of likely N-dealkylation sites (N-methyl/N-ethyl adjacent to an activating group) is 1. The van der Waals surface area contributed by atoms with Crippen LogP contribution in [-0.4, -0.2) is 61.2 Å². The van der Waals surface area contributed by atoms with Gasteiger partial charge in [0, 0.05) is 75.0 Å². The van der Waals surface area contributed by atoms with Gasteiger partial charge in [0.1, 0.15) is 0 Å². The van der Waals surface area contributed by atoms with Gasteiger partial charge in [-0.05, 0) is 87.1 Å². The lowest BCUT2D eigenvalue weighted by Gasteiger charge is -2.33. The summed E-state index contributed by atoms with van der Waals surface area (Å²) in [7, 11) is 0. The molecule has 0 aliphatic carbocycles. The zero-order chi connectivity index (χ0) is 30.5. The fraction of sp³-hybridized carbons (Fsp3) is 0.471. The number of carbonyl (C=O) groups excluding carboxylic acids is 1. The van der Waals surface area contributed by atoms with Crippen molar-refractivity contribution < 1.29 is 9.53 Å². The third-order valence-electron chi connectivity index (χ3n) is 7.67. The highest BCUT2D eigenvalue weighted by Gasteiger charge is 2.20. The van der Waals surface area contributed by atoms with Crippen LogP contribution in [0.2, 0.25) is 0 Å². The van der Waals surface area contributed by atoms with E-state index >= 15 is 0 Å². The molecule has 3 rings (SSSR count). The highest BCUT2D eigenvalue weighted by atomic mass is 16.5. The topological polar surface area (TPSA) is 98.5 Å². The number of nitrogens with zero attached hydrogens (tertiary/aromatic N) is 1. The van der Waals surface area contributed by atoms with Gasteiger partial charge < -0.3 is 30.6 Å². The molecule has 4 N–H and O–H groups in total. The molecule has 1 aliphatic rings. The normalized spacial score (nSPS) is 14.6. The molecule has 2 aromatic rings. The van der Waals surface area contributed by atoms with Crippen molar-refractivity contribution >= 4 is 11.5 Å². The molecule has 8 nitrogen and oxygen atoms in total. The van der Waals surface area contributed by atoms with Gasteiger partial charge in [0.2, 0.25) is 0 Å². The van der Waals surface area contributed by atoms with E-state index < -0.39 is 0 Å². The summed E-state index contributed by atoms with van der Waals surface area (Å²) in [6.45, 7) is 20.3. The van der Waals surface area contributed by atoms with E-state index in [9.17, 15) is 9.59 Å². The van der Waals surface area contributed by atoms with Gasteiger partial charge in [-0.2, -0.15) is 0 Å². The maximum absolute atomic E-state index is 13.7. The predicted molar refractivity (Wildman–Crippen MR) is 172 cm³/mol. The Labute approximate surface area is 251 Å². The highest BCUT2D eigenvalue weighted by Crippen LogP contribution is 2.23. The Bertz CT molecular complexity index is 1300. The number of carbonyl (C=O) groups is 1. The van der Waals surface area contributed by atoms with Crippen LogP contribution in [0.1, 0.15) is 61.6 Å². The fourth-order valence-electron chi connectivity index (χ4n) is 5.19. The van der Waals surface area contributed by atoms with Crippen LogP contribution >= 0.6 is 0 Å². The minimum absolute atomic E-state index is 0.143. The summed E-state index contributed by atoms with van der Waals surface area (Å²) in [5.41, 5.74) is 6.29. The Morgan fingerprint density at radius 1 is 1.10 bits per heavy atom. The van der Waals surface area contributed by atoms with Crippen LogP contribution in [0.15, 0.2) is 65.1 Å². The molecule has 8 heteroatoms. The standard InChI is InChI=1S/C34H49N5O3/c1-7-35-15-16-36-21-28-9-11-29(12-10-28)24(3)20-31(26(5)23-39(8-2)30-13-17-42-18-14-30)33(40)37-22-32-25(4)19-27(6)38-34(32)41/h9-12,19-20,23,30,35-36H,3,7-8,13-18,21-22H2,1-2,4-6H3,(H,37,40)(H,38,41)/b26-23+,31-20+. The second-order valence-electron chi connectivity index (χ2n) is 10.9. The monoisotopic (exact) mass is 575 g/mol. The summed E-state index contributed by atoms with van der Waals surface area (Å²) in [5, 5.41) is 9.75. The molecule has 0 unspecified atom stereocenters. The molecule has 1 aromatic heterocycles. The van der Waals surface area contributed by atoms with Gasteiger partial charge in [0.05, 0.1) is 0 Å². The molecule has 1 aromatic carbocycles. The Balaban J connectivity index is 1.83. The fourth-order valence-corrected chi connectivity index (χ4v) is 5.19. The predicted octanol–water partition coefficient (Wildman–Crippen LogP) is 4.35. The lowest BCUT2D eigenvalue weighted by Crippen LogP contribution is -2.36. The van der Waals surface area contributed by atoms with Crippen LogP contribution in [0.25, 0.3) is 5.57 Å². The first-order chi connectivity index (χ1) is 20.2. The number of rotatable bonds is 15. The van der Waals surface area contributed by atoms with E-state index in [0.29, 0.717) is 17.2 Å². The molecular formula is C34H49N5O3. The zero-order valence-electron chi connectivity index (χ0n) is 26.1. The zero-order valence-corrected chi connectivity index (χ0v) is 26.1. The van der Waals surface area contributed by atoms with E-state index in [2.05, 4.69) is 64.6 Å². The summed E-state index contributed by atoms with van der Waals surface area (Å²) < 4.78 is 5.56. The maximum Gasteiger partial charge on any atom is 0.253 e. The van der Waals surface area contributed by atoms with Crippen molar-refractivity contribution in [3.05, 3.63) is 98.6 Å². The molecule has 0 saturated carbocycles. The van der Waals surface area contributed by atoms with Gasteiger partial charge in [-0.3, -0.25) is 9.59 Å². The molecule has 1 fully saturated rings. The second kappa shape index (κ2) is 16.9. The van der Waals surface area contributed by atoms with Gasteiger partial charge >= 0.3 is 0 Å². The highest BCUT2D eigenvalue weighted by molar-refractivity contribution is 6.00. The van der Waals surface area contributed by atoms with Gasteiger partial charge in [-0.15, -0.1) is 0 Å². The average Bonchev–Trinajstić information content (AvgIpc) is 2.98. The SMILES string of the molecule is C=C(/C=C(C(=O)NCc1c(C)cc(C)[nH]c1=O)\C(C)=C\N(CC)C1CCOCC1)c1ccc(CNCCNCC)cc1. The van der Waals surface area contributed by atoms with E-state index in [-0.39, 0.29) is 18.0 Å². The lowest BCUT2D eigenvalue weighted by atomic mass is 9.98. The lowest BCUT2D eigenvalue weighted by molar-refractivity contribution is -0.117. The van der Waals surface area contributed by atoms with Gasteiger partial charge in [0.25, 0.3) is 11.5 Å². The van der Waals surface area contributed by atoms with Gasteiger partial charge in [-0.1, -0.05) is 37.8 Å². The first-order valence-electron chi connectivity index (χ1n) is 15.1. The van der Waals surface area contributed by atoms with Gasteiger partial charge in [0.15, 0.2) is 0 Å². The number of hydrogen-bond donors (Lipinski definition) is 4. The first kappa shape index (κ1) is 33.0. The molecule has 0 bridgehead atoms. The molecule has 2 heterocycles. The van der Waals surface area contributed by atoms with Crippen molar-refractivity contribution in [3.8, 4) is 0 Å². The summed E-state index contributed by atoms with van der Waals surface area (Å²) in [6.07, 6.45) is 5.86. The van der Waals surface area contributed by atoms with Crippen molar-refractivity contribution in [2.24, 2.45) is 0 Å². The molecule has 1 aliphatic heterocycles. The molecule has 1 saturated heterocycles. The largest absolute Gasteiger partial charge is 0.381 e. The summed E-state index contributed by atoms with van der Waals surface area (Å²) in [4.78, 5) is 31.4. The third-order valence-corrected chi connectivity index (χ3v) is 7.67. The third kappa shape index (κ3) is 9.82. The summed E-state index contributed by atoms with van der Waals surface area (Å²) in [5.74, 6) is -0.242. The number of nitrogens with one attached hydrogen (secondary N) is 4. The van der Waals surface area contributed by atoms with E-state index in [1.165, 1.54) is 5.56 Å². The number of aromatic nitrogens is 1. The Kier molecular flexibility index (Phi) is 13.3. The molecule has 0 spiro atoms. The van der Waals surface area contributed by atoms with E-state index in [1.807, 2.05) is 45.0 Å². The second-order valence-corrected chi connectivity index (χ2v) is 10.9. The minimum Gasteiger partial charge on any atom is -0.381 e. The van der Waals surface area contributed by atoms with Crippen molar-refractivity contribution in [1.82, 2.24) is 25.8 Å². The van der Waals surface area contributed by atoms with Crippen molar-refractivity contribution in [2.75, 3.05) is 39.4 Å². The van der Waals surface area contributed by atoms with Crippen LogP contribution in [0.3, 0.4) is 0 Å². The van der Waals surface area contributed by atoms with Crippen LogP contribution in [-0.2, 0) is 22.6 Å². The number of pyridine rings is 1. The van der Waals surface area contributed by atoms with Crippen LogP contribution < -0.4 is 21.5 Å². The number of hydrogen-bond acceptors (Lipinski definition) is 6. The first-order valence-corrected chi connectivity index (χ1v) is 15.1. The van der Waals surface area contributed by atoms with E-state index in [0.717, 1.165) is 86.7 Å². The Hall–Kier alpha value is -3.46. The number of amides is 1. The summed E-state index contributed by atoms with van der Waals surface area (Å²) >= 11 is 0. The quantitative estimate of drug-likeness (QED) is 0.143. The van der Waals surface area contributed by atoms with Crippen molar-refractivity contribution in [2.45, 2.75) is 66.6 Å². The summed E-state index contributed by atoms with van der Waals surface area (Å²) in [6, 6.07) is 10.6. The molecule has 0 radical (unpaired) electrons. The number of benzene rings is 1. The number of ether oxygens (including phenoxy) is 1. The van der Waals surface area contributed by atoms with Crippen LogP contribution in [0.4, 0.5) is 0 Å². The van der Waals surface area contributed by atoms with Crippen molar-refractivity contribution in [3.63, 3.8) is 0 Å². The van der Waals surface area contributed by atoms with Crippen LogP contribution in [0.5, 0.6) is 0 Å². The maximum atomic E-state index is 13.7. The van der Waals surface area contributed by atoms with Crippen molar-refractivity contribution in [1.29, 1.82) is 0 Å². The minimum atomic E-state index is -0.242. The molecular weight excluding hydrogens is 526 g/mol. The molecule has 0 atom stereocenters. The smallest absolute Gasteiger partial charge is 0.253 e. The molecule has 228 valence electrons. The Morgan fingerprint density at radius 3 is 2.43 bits per heavy atom. The van der Waals surface area contributed by atoms with Crippen LogP contribution in [0, 0.1) is 13.8 Å². The van der Waals surface area contributed by atoms with E-state index in [1.54, 1.807) is 0 Å². The number of allylic oxidation sites excluding steroid dienone is 2. The molecule has 1 amide bonds. The Morgan fingerprint density at radius 2 is 1.79 bits per heavy atom. The number of H-pyrrole nitrogens is 1.